The molecular weight excluding hydrogens is 256 g/mol. The number of fused-ring (bicyclic) bond motifs is 1. The van der Waals surface area contributed by atoms with Crippen LogP contribution in [0.3, 0.4) is 0 Å². The molecule has 1 aliphatic rings. The molecule has 2 aromatic rings. The molecule has 5 nitrogen and oxygen atoms in total. The van der Waals surface area contributed by atoms with Crippen molar-refractivity contribution in [2.24, 2.45) is 0 Å². The summed E-state index contributed by atoms with van der Waals surface area (Å²) in [7, 11) is 1.31. The maximum Gasteiger partial charge on any atom is 0.334 e. The normalized spacial score (nSPS) is 15.6. The molecule has 0 unspecified atom stereocenters. The second-order valence-corrected chi connectivity index (χ2v) is 4.68. The third-order valence-corrected chi connectivity index (χ3v) is 3.46. The highest BCUT2D eigenvalue weighted by molar-refractivity contribution is 6.44. The second-order valence-electron chi connectivity index (χ2n) is 4.68. The lowest BCUT2D eigenvalue weighted by Crippen LogP contribution is -2.31. The summed E-state index contributed by atoms with van der Waals surface area (Å²) in [5, 5.41) is 2.00. The van der Waals surface area contributed by atoms with Gasteiger partial charge in [-0.15, -0.1) is 0 Å². The first-order valence-electron chi connectivity index (χ1n) is 6.20. The highest BCUT2D eigenvalue weighted by Crippen LogP contribution is 2.22. The zero-order chi connectivity index (χ0) is 14.3. The predicted octanol–water partition coefficient (Wildman–Crippen LogP) is 1.76. The van der Waals surface area contributed by atoms with E-state index in [1.54, 1.807) is 0 Å². The molecule has 3 rings (SSSR count). The molecule has 0 aliphatic carbocycles. The first-order valence-corrected chi connectivity index (χ1v) is 6.20. The Morgan fingerprint density at radius 1 is 0.900 bits per heavy atom. The van der Waals surface area contributed by atoms with E-state index in [0.717, 1.165) is 26.1 Å². The summed E-state index contributed by atoms with van der Waals surface area (Å²) in [6.07, 6.45) is 0. The van der Waals surface area contributed by atoms with Crippen molar-refractivity contribution in [3.8, 4) is 0 Å². The first kappa shape index (κ1) is 12.3. The van der Waals surface area contributed by atoms with Crippen LogP contribution >= 0.6 is 0 Å². The van der Waals surface area contributed by atoms with Gasteiger partial charge in [-0.3, -0.25) is 19.4 Å². The van der Waals surface area contributed by atoms with E-state index in [4.69, 9.17) is 0 Å². The van der Waals surface area contributed by atoms with Crippen molar-refractivity contribution in [3.05, 3.63) is 48.0 Å². The molecule has 5 heteroatoms. The molecule has 1 saturated heterocycles. The van der Waals surface area contributed by atoms with Crippen molar-refractivity contribution in [1.29, 1.82) is 0 Å². The van der Waals surface area contributed by atoms with E-state index in [1.165, 1.54) is 7.05 Å². The van der Waals surface area contributed by atoms with Crippen LogP contribution in [0, 0.1) is 0 Å². The molecule has 0 atom stereocenters. The van der Waals surface area contributed by atoms with Gasteiger partial charge in [0.05, 0.1) is 6.54 Å². The van der Waals surface area contributed by atoms with E-state index in [9.17, 15) is 14.4 Å². The van der Waals surface area contributed by atoms with Crippen molar-refractivity contribution in [2.45, 2.75) is 6.54 Å². The molecule has 2 aromatic carbocycles. The Hall–Kier alpha value is -2.69. The fourth-order valence-electron chi connectivity index (χ4n) is 2.35. The average Bonchev–Trinajstić information content (AvgIpc) is 2.65. The molecular formula is C15H12N2O3. The largest absolute Gasteiger partial charge is 0.334 e. The number of likely N-dealkylation sites (N-methyl/N-ethyl adjacent to an activating group) is 1. The van der Waals surface area contributed by atoms with E-state index in [1.807, 2.05) is 42.5 Å². The predicted molar refractivity (Wildman–Crippen MR) is 72.7 cm³/mol. The Morgan fingerprint density at radius 3 is 2.30 bits per heavy atom. The van der Waals surface area contributed by atoms with E-state index < -0.39 is 17.8 Å². The van der Waals surface area contributed by atoms with Crippen LogP contribution in [0.25, 0.3) is 10.8 Å². The van der Waals surface area contributed by atoms with Gasteiger partial charge < -0.3 is 0 Å². The Bertz CT molecular complexity index is 733. The van der Waals surface area contributed by atoms with E-state index in [0.29, 0.717) is 0 Å². The first-order chi connectivity index (χ1) is 9.59. The molecule has 100 valence electrons. The molecule has 0 bridgehead atoms. The molecule has 20 heavy (non-hydrogen) atoms. The minimum Gasteiger partial charge on any atom is -0.263 e. The van der Waals surface area contributed by atoms with Gasteiger partial charge in [-0.25, -0.2) is 4.79 Å². The lowest BCUT2D eigenvalue weighted by atomic mass is 10.0. The zero-order valence-electron chi connectivity index (χ0n) is 10.9. The Kier molecular flexibility index (Phi) is 2.75. The third kappa shape index (κ3) is 1.75. The van der Waals surface area contributed by atoms with Crippen LogP contribution in [0.1, 0.15) is 5.56 Å². The van der Waals surface area contributed by atoms with Crippen molar-refractivity contribution in [2.75, 3.05) is 7.05 Å². The minimum absolute atomic E-state index is 0.106. The highest BCUT2D eigenvalue weighted by Gasteiger charge is 2.42. The van der Waals surface area contributed by atoms with Crippen LogP contribution < -0.4 is 0 Å². The molecule has 1 aliphatic heterocycles. The van der Waals surface area contributed by atoms with E-state index in [2.05, 4.69) is 0 Å². The number of rotatable bonds is 2. The summed E-state index contributed by atoms with van der Waals surface area (Å²) >= 11 is 0. The monoisotopic (exact) mass is 268 g/mol. The van der Waals surface area contributed by atoms with Crippen LogP contribution in [0.4, 0.5) is 4.79 Å². The van der Waals surface area contributed by atoms with Gasteiger partial charge in [-0.2, -0.15) is 0 Å². The number of hydrogen-bond donors (Lipinski definition) is 0. The Balaban J connectivity index is 2.00. The van der Waals surface area contributed by atoms with Gasteiger partial charge in [0, 0.05) is 7.05 Å². The molecule has 4 amide bonds. The number of carbonyl (C=O) groups excluding carboxylic acids is 3. The summed E-state index contributed by atoms with van der Waals surface area (Å²) in [6.45, 7) is 0.106. The Labute approximate surface area is 115 Å². The maximum atomic E-state index is 11.9. The van der Waals surface area contributed by atoms with Gasteiger partial charge in [-0.1, -0.05) is 42.5 Å². The quantitative estimate of drug-likeness (QED) is 0.616. The number of hydrogen-bond acceptors (Lipinski definition) is 3. The van der Waals surface area contributed by atoms with Gasteiger partial charge in [0.15, 0.2) is 0 Å². The topological polar surface area (TPSA) is 57.7 Å². The molecule has 0 aromatic heterocycles. The summed E-state index contributed by atoms with van der Waals surface area (Å²) in [6, 6.07) is 12.8. The molecule has 0 saturated carbocycles. The van der Waals surface area contributed by atoms with E-state index >= 15 is 0 Å². The summed E-state index contributed by atoms with van der Waals surface area (Å²) in [5.74, 6) is -1.55. The fraction of sp³-hybridized carbons (Fsp3) is 0.133. The van der Waals surface area contributed by atoms with Crippen LogP contribution in [-0.2, 0) is 16.1 Å². The SMILES string of the molecule is CN1C(=O)C(=O)N(Cc2cccc3ccccc23)C1=O. The van der Waals surface area contributed by atoms with Gasteiger partial charge in [0.1, 0.15) is 0 Å². The summed E-state index contributed by atoms with van der Waals surface area (Å²) in [5.41, 5.74) is 0.841. The van der Waals surface area contributed by atoms with Crippen LogP contribution in [-0.4, -0.2) is 34.7 Å². The molecule has 1 heterocycles. The van der Waals surface area contributed by atoms with Crippen molar-refractivity contribution in [1.82, 2.24) is 9.80 Å². The van der Waals surface area contributed by atoms with Gasteiger partial charge in [0.25, 0.3) is 0 Å². The number of amides is 4. The van der Waals surface area contributed by atoms with Crippen molar-refractivity contribution >= 4 is 28.6 Å². The lowest BCUT2D eigenvalue weighted by molar-refractivity contribution is -0.143. The van der Waals surface area contributed by atoms with Crippen molar-refractivity contribution < 1.29 is 14.4 Å². The smallest absolute Gasteiger partial charge is 0.263 e. The second kappa shape index (κ2) is 4.45. The zero-order valence-corrected chi connectivity index (χ0v) is 10.9. The number of carbonyl (C=O) groups is 3. The Morgan fingerprint density at radius 2 is 1.60 bits per heavy atom. The minimum atomic E-state index is -0.782. The number of urea groups is 1. The standard InChI is InChI=1S/C15H12N2O3/c1-16-13(18)14(19)17(15(16)20)9-11-7-4-6-10-5-2-3-8-12(10)11/h2-8H,9H2,1H3. The van der Waals surface area contributed by atoms with Gasteiger partial charge in [0.2, 0.25) is 0 Å². The molecule has 0 N–H and O–H groups in total. The lowest BCUT2D eigenvalue weighted by Gasteiger charge is -2.14. The number of benzene rings is 2. The highest BCUT2D eigenvalue weighted by atomic mass is 16.2. The van der Waals surface area contributed by atoms with Crippen LogP contribution in [0.15, 0.2) is 42.5 Å². The molecule has 1 fully saturated rings. The molecule has 0 spiro atoms. The summed E-state index contributed by atoms with van der Waals surface area (Å²) < 4.78 is 0. The van der Waals surface area contributed by atoms with E-state index in [-0.39, 0.29) is 6.54 Å². The molecule has 0 radical (unpaired) electrons. The third-order valence-electron chi connectivity index (χ3n) is 3.46. The fourth-order valence-corrected chi connectivity index (χ4v) is 2.35. The van der Waals surface area contributed by atoms with Crippen molar-refractivity contribution in [3.63, 3.8) is 0 Å². The van der Waals surface area contributed by atoms with Crippen LogP contribution in [0.5, 0.6) is 0 Å². The summed E-state index contributed by atoms with van der Waals surface area (Å²) in [4.78, 5) is 37.0. The van der Waals surface area contributed by atoms with Crippen LogP contribution in [0.2, 0.25) is 0 Å². The van der Waals surface area contributed by atoms with Gasteiger partial charge in [-0.05, 0) is 16.3 Å². The maximum absolute atomic E-state index is 11.9. The number of imide groups is 2. The number of nitrogens with zero attached hydrogens (tertiary/aromatic N) is 2. The average molecular weight is 268 g/mol. The van der Waals surface area contributed by atoms with Gasteiger partial charge >= 0.3 is 17.8 Å².